The molecule has 0 radical (unpaired) electrons. The molecule has 17 heavy (non-hydrogen) atoms. The van der Waals surface area contributed by atoms with Crippen LogP contribution in [0.15, 0.2) is 30.3 Å². The van der Waals surface area contributed by atoms with Gasteiger partial charge in [-0.25, -0.2) is 4.68 Å². The predicted octanol–water partition coefficient (Wildman–Crippen LogP) is 1.85. The van der Waals surface area contributed by atoms with E-state index in [1.807, 2.05) is 30.3 Å². The molecule has 0 N–H and O–H groups in total. The van der Waals surface area contributed by atoms with Crippen LogP contribution < -0.4 is 0 Å². The van der Waals surface area contributed by atoms with Crippen molar-refractivity contribution in [3.8, 4) is 0 Å². The minimum atomic E-state index is 0.173. The lowest BCUT2D eigenvalue weighted by Crippen LogP contribution is -2.18. The Morgan fingerprint density at radius 1 is 1.24 bits per heavy atom. The van der Waals surface area contributed by atoms with Crippen LogP contribution in [0.5, 0.6) is 0 Å². The highest BCUT2D eigenvalue weighted by Gasteiger charge is 2.23. The van der Waals surface area contributed by atoms with Gasteiger partial charge in [0.2, 0.25) is 0 Å². The first-order chi connectivity index (χ1) is 8.34. The third-order valence-electron chi connectivity index (χ3n) is 3.06. The van der Waals surface area contributed by atoms with Crippen LogP contribution in [0.1, 0.15) is 34.6 Å². The van der Waals surface area contributed by atoms with Crippen LogP contribution in [0.3, 0.4) is 0 Å². The number of aryl methyl sites for hydroxylation is 1. The Kier molecular flexibility index (Phi) is 2.48. The number of rotatable bonds is 2. The number of Topliss-reactive ketones (excluding diaryl/α,β-unsaturated/α-hetero) is 1. The Labute approximate surface area is 99.3 Å². The van der Waals surface area contributed by atoms with E-state index in [9.17, 15) is 4.79 Å². The predicted molar refractivity (Wildman–Crippen MR) is 62.8 cm³/mol. The van der Waals surface area contributed by atoms with Gasteiger partial charge in [-0.3, -0.25) is 4.79 Å². The zero-order chi connectivity index (χ0) is 11.7. The normalized spacial score (nSPS) is 14.7. The largest absolute Gasteiger partial charge is 0.292 e. The first-order valence-electron chi connectivity index (χ1n) is 5.84. The van der Waals surface area contributed by atoms with Gasteiger partial charge in [-0.05, 0) is 12.0 Å². The van der Waals surface area contributed by atoms with Crippen LogP contribution in [-0.4, -0.2) is 20.8 Å². The van der Waals surface area contributed by atoms with Gasteiger partial charge in [0, 0.05) is 19.4 Å². The Hall–Kier alpha value is -1.97. The van der Waals surface area contributed by atoms with Gasteiger partial charge in [-0.15, -0.1) is 5.10 Å². The summed E-state index contributed by atoms with van der Waals surface area (Å²) in [5.74, 6) is 0.173. The molecule has 0 bridgehead atoms. The average molecular weight is 227 g/mol. The van der Waals surface area contributed by atoms with Crippen molar-refractivity contribution in [2.45, 2.75) is 25.8 Å². The zero-order valence-corrected chi connectivity index (χ0v) is 9.47. The highest BCUT2D eigenvalue weighted by atomic mass is 16.1. The molecular formula is C13H13N3O. The van der Waals surface area contributed by atoms with E-state index < -0.39 is 0 Å². The molecule has 1 aromatic heterocycles. The molecule has 0 aliphatic carbocycles. The lowest BCUT2D eigenvalue weighted by molar-refractivity contribution is 0.0950. The molecule has 3 rings (SSSR count). The summed E-state index contributed by atoms with van der Waals surface area (Å²) < 4.78 is 1.74. The van der Waals surface area contributed by atoms with Gasteiger partial charge < -0.3 is 0 Å². The van der Waals surface area contributed by atoms with Crippen LogP contribution in [0.2, 0.25) is 0 Å². The highest BCUT2D eigenvalue weighted by molar-refractivity contribution is 5.96. The van der Waals surface area contributed by atoms with Crippen LogP contribution in [-0.2, 0) is 13.0 Å². The Morgan fingerprint density at radius 2 is 2.06 bits per heavy atom. The molecule has 86 valence electrons. The van der Waals surface area contributed by atoms with Crippen molar-refractivity contribution in [1.29, 1.82) is 0 Å². The van der Waals surface area contributed by atoms with Crippen LogP contribution in [0.4, 0.5) is 0 Å². The van der Waals surface area contributed by atoms with Crippen molar-refractivity contribution >= 4 is 5.78 Å². The first kappa shape index (κ1) is 10.2. The van der Waals surface area contributed by atoms with Crippen LogP contribution in [0, 0.1) is 0 Å². The summed E-state index contributed by atoms with van der Waals surface area (Å²) >= 11 is 0. The molecule has 2 aromatic rings. The summed E-state index contributed by atoms with van der Waals surface area (Å²) in [6, 6.07) is 10.0. The fourth-order valence-corrected chi connectivity index (χ4v) is 2.23. The molecule has 4 heteroatoms. The molecule has 0 saturated carbocycles. The van der Waals surface area contributed by atoms with Crippen molar-refractivity contribution in [3.63, 3.8) is 0 Å². The lowest BCUT2D eigenvalue weighted by atomic mass is 10.0. The summed E-state index contributed by atoms with van der Waals surface area (Å²) in [5, 5.41) is 8.18. The van der Waals surface area contributed by atoms with E-state index in [2.05, 4.69) is 10.3 Å². The summed E-state index contributed by atoms with van der Waals surface area (Å²) in [6.07, 6.45) is 2.18. The van der Waals surface area contributed by atoms with Gasteiger partial charge in [-0.2, -0.15) is 0 Å². The monoisotopic (exact) mass is 227 g/mol. The van der Waals surface area contributed by atoms with Gasteiger partial charge in [-0.1, -0.05) is 35.5 Å². The fourth-order valence-electron chi connectivity index (χ4n) is 2.23. The maximum atomic E-state index is 11.9. The molecule has 0 fully saturated rings. The van der Waals surface area contributed by atoms with Crippen molar-refractivity contribution in [2.75, 3.05) is 0 Å². The van der Waals surface area contributed by atoms with Gasteiger partial charge in [0.25, 0.3) is 0 Å². The molecule has 2 heterocycles. The van der Waals surface area contributed by atoms with E-state index in [-0.39, 0.29) is 5.78 Å². The van der Waals surface area contributed by atoms with Gasteiger partial charge in [0.1, 0.15) is 5.69 Å². The first-order valence-corrected chi connectivity index (χ1v) is 5.84. The standard InChI is InChI=1S/C13H13N3O/c17-12-7-4-8-16-13(12)11(14-15-16)9-10-5-2-1-3-6-10/h1-3,5-6H,4,7-9H2. The van der Waals surface area contributed by atoms with E-state index in [1.165, 1.54) is 0 Å². The number of ketones is 1. The molecular weight excluding hydrogens is 214 g/mol. The fraction of sp³-hybridized carbons (Fsp3) is 0.308. The number of nitrogens with zero attached hydrogens (tertiary/aromatic N) is 3. The van der Waals surface area contributed by atoms with E-state index in [0.717, 1.165) is 24.2 Å². The number of aromatic nitrogens is 3. The average Bonchev–Trinajstić information content (AvgIpc) is 2.75. The molecule has 0 unspecified atom stereocenters. The third kappa shape index (κ3) is 1.86. The number of hydrogen-bond donors (Lipinski definition) is 0. The van der Waals surface area contributed by atoms with Crippen molar-refractivity contribution in [3.05, 3.63) is 47.3 Å². The second-order valence-electron chi connectivity index (χ2n) is 4.30. The topological polar surface area (TPSA) is 47.8 Å². The summed E-state index contributed by atoms with van der Waals surface area (Å²) in [7, 11) is 0. The van der Waals surface area contributed by atoms with Crippen molar-refractivity contribution in [1.82, 2.24) is 15.0 Å². The Balaban J connectivity index is 1.94. The van der Waals surface area contributed by atoms with E-state index in [1.54, 1.807) is 4.68 Å². The quantitative estimate of drug-likeness (QED) is 0.786. The molecule has 0 amide bonds. The maximum Gasteiger partial charge on any atom is 0.182 e. The highest BCUT2D eigenvalue weighted by Crippen LogP contribution is 2.18. The third-order valence-corrected chi connectivity index (χ3v) is 3.06. The van der Waals surface area contributed by atoms with Gasteiger partial charge in [0.15, 0.2) is 5.78 Å². The number of fused-ring (bicyclic) bond motifs is 1. The van der Waals surface area contributed by atoms with Crippen molar-refractivity contribution < 1.29 is 4.79 Å². The Morgan fingerprint density at radius 3 is 2.88 bits per heavy atom. The summed E-state index contributed by atoms with van der Waals surface area (Å²) in [5.41, 5.74) is 2.68. The van der Waals surface area contributed by atoms with E-state index in [0.29, 0.717) is 18.5 Å². The second kappa shape index (κ2) is 4.13. The maximum absolute atomic E-state index is 11.9. The Bertz CT molecular complexity index is 545. The molecule has 1 aliphatic heterocycles. The lowest BCUT2D eigenvalue weighted by Gasteiger charge is -2.11. The minimum absolute atomic E-state index is 0.173. The van der Waals surface area contributed by atoms with Crippen LogP contribution >= 0.6 is 0 Å². The minimum Gasteiger partial charge on any atom is -0.292 e. The number of hydrogen-bond acceptors (Lipinski definition) is 3. The molecule has 4 nitrogen and oxygen atoms in total. The molecule has 1 aliphatic rings. The summed E-state index contributed by atoms with van der Waals surface area (Å²) in [4.78, 5) is 11.9. The smallest absolute Gasteiger partial charge is 0.182 e. The number of carbonyl (C=O) groups is 1. The van der Waals surface area contributed by atoms with Crippen molar-refractivity contribution in [2.24, 2.45) is 0 Å². The molecule has 0 atom stereocenters. The van der Waals surface area contributed by atoms with E-state index in [4.69, 9.17) is 0 Å². The van der Waals surface area contributed by atoms with E-state index >= 15 is 0 Å². The van der Waals surface area contributed by atoms with Crippen LogP contribution in [0.25, 0.3) is 0 Å². The number of benzene rings is 1. The number of carbonyl (C=O) groups excluding carboxylic acids is 1. The molecule has 1 aromatic carbocycles. The van der Waals surface area contributed by atoms with Gasteiger partial charge >= 0.3 is 0 Å². The van der Waals surface area contributed by atoms with Gasteiger partial charge in [0.05, 0.1) is 5.69 Å². The summed E-state index contributed by atoms with van der Waals surface area (Å²) in [6.45, 7) is 0.808. The molecule has 0 spiro atoms. The second-order valence-corrected chi connectivity index (χ2v) is 4.30. The molecule has 0 saturated heterocycles. The zero-order valence-electron chi connectivity index (χ0n) is 9.47. The SMILES string of the molecule is O=C1CCCn2nnc(Cc3ccccc3)c21.